The summed E-state index contributed by atoms with van der Waals surface area (Å²) in [4.78, 5) is 23.2. The number of carboxylic acids is 1. The molecule has 0 aromatic carbocycles. The number of amides is 1. The van der Waals surface area contributed by atoms with Crippen LogP contribution >= 0.6 is 11.8 Å². The number of alkyl carbamates (subject to hydrolysis) is 1. The predicted molar refractivity (Wildman–Crippen MR) is 96.4 cm³/mol. The molecule has 0 bridgehead atoms. The number of thioether (sulfide) groups is 1. The molecule has 1 unspecified atom stereocenters. The lowest BCUT2D eigenvalue weighted by Gasteiger charge is -2.23. The Morgan fingerprint density at radius 1 is 1.00 bits per heavy atom. The fourth-order valence-electron chi connectivity index (χ4n) is 3.61. The first-order chi connectivity index (χ1) is 11.6. The fraction of sp³-hybridized carbons (Fsp3) is 0.889. The number of ether oxygens (including phenoxy) is 1. The van der Waals surface area contributed by atoms with Crippen molar-refractivity contribution in [3.8, 4) is 0 Å². The van der Waals surface area contributed by atoms with E-state index in [-0.39, 0.29) is 0 Å². The maximum Gasteiger partial charge on any atom is 0.407 e. The van der Waals surface area contributed by atoms with Gasteiger partial charge in [-0.15, -0.1) is 0 Å². The van der Waals surface area contributed by atoms with Gasteiger partial charge in [0.2, 0.25) is 0 Å². The molecule has 2 aliphatic rings. The summed E-state index contributed by atoms with van der Waals surface area (Å²) < 4.78 is 5.24. The molecule has 1 amide bonds. The van der Waals surface area contributed by atoms with Crippen molar-refractivity contribution < 1.29 is 19.4 Å². The van der Waals surface area contributed by atoms with E-state index in [0.717, 1.165) is 18.6 Å². The van der Waals surface area contributed by atoms with Gasteiger partial charge in [-0.2, -0.15) is 11.8 Å². The molecule has 0 aromatic rings. The number of hydrogen-bond donors (Lipinski definition) is 2. The van der Waals surface area contributed by atoms with Crippen molar-refractivity contribution in [3.63, 3.8) is 0 Å². The van der Waals surface area contributed by atoms with Crippen LogP contribution in [0, 0.1) is 11.8 Å². The van der Waals surface area contributed by atoms with Crippen molar-refractivity contribution in [2.24, 2.45) is 11.8 Å². The number of carbonyl (C=O) groups excluding carboxylic acids is 1. The van der Waals surface area contributed by atoms with Crippen LogP contribution in [0.2, 0.25) is 0 Å². The van der Waals surface area contributed by atoms with Gasteiger partial charge in [0.15, 0.2) is 0 Å². The standard InChI is InChI=1S/C18H31NO4S/c20-17(21)16(13-24-12-15-9-5-2-6-10-15)19-18(22)23-11-14-7-3-1-4-8-14/h14-16H,1-13H2,(H,19,22)(H,20,21). The maximum atomic E-state index is 11.9. The van der Waals surface area contributed by atoms with Crippen molar-refractivity contribution >= 4 is 23.8 Å². The summed E-state index contributed by atoms with van der Waals surface area (Å²) in [6.07, 6.45) is 11.7. The molecule has 2 saturated carbocycles. The Morgan fingerprint density at radius 2 is 1.58 bits per heavy atom. The highest BCUT2D eigenvalue weighted by molar-refractivity contribution is 7.99. The zero-order valence-electron chi connectivity index (χ0n) is 14.5. The van der Waals surface area contributed by atoms with Crippen LogP contribution in [-0.2, 0) is 9.53 Å². The molecule has 0 radical (unpaired) electrons. The Bertz CT molecular complexity index is 392. The summed E-state index contributed by atoms with van der Waals surface area (Å²) in [7, 11) is 0. The van der Waals surface area contributed by atoms with Gasteiger partial charge in [-0.25, -0.2) is 9.59 Å². The van der Waals surface area contributed by atoms with Crippen LogP contribution in [0.5, 0.6) is 0 Å². The molecule has 138 valence electrons. The largest absolute Gasteiger partial charge is 0.480 e. The molecule has 0 spiro atoms. The van der Waals surface area contributed by atoms with Crippen LogP contribution in [0.4, 0.5) is 4.79 Å². The Kier molecular flexibility index (Phi) is 8.78. The number of rotatable bonds is 8. The van der Waals surface area contributed by atoms with E-state index in [0.29, 0.717) is 24.2 Å². The van der Waals surface area contributed by atoms with Crippen LogP contribution < -0.4 is 5.32 Å². The van der Waals surface area contributed by atoms with Crippen molar-refractivity contribution in [1.29, 1.82) is 0 Å². The van der Waals surface area contributed by atoms with Crippen molar-refractivity contribution in [1.82, 2.24) is 5.32 Å². The van der Waals surface area contributed by atoms with E-state index in [1.54, 1.807) is 11.8 Å². The first-order valence-corrected chi connectivity index (χ1v) is 10.5. The first kappa shape index (κ1) is 19.4. The molecule has 5 nitrogen and oxygen atoms in total. The van der Waals surface area contributed by atoms with E-state index in [4.69, 9.17) is 4.74 Å². The van der Waals surface area contributed by atoms with Crippen LogP contribution in [0.1, 0.15) is 64.2 Å². The van der Waals surface area contributed by atoms with Gasteiger partial charge in [0.05, 0.1) is 6.61 Å². The summed E-state index contributed by atoms with van der Waals surface area (Å²) in [5, 5.41) is 11.8. The average molecular weight is 358 g/mol. The minimum absolute atomic E-state index is 0.407. The molecule has 2 fully saturated rings. The normalized spacial score (nSPS) is 21.2. The molecule has 0 aliphatic heterocycles. The van der Waals surface area contributed by atoms with E-state index in [1.165, 1.54) is 51.4 Å². The SMILES string of the molecule is O=C(NC(CSCC1CCCCC1)C(=O)O)OCC1CCCCC1. The van der Waals surface area contributed by atoms with Crippen molar-refractivity contribution in [3.05, 3.63) is 0 Å². The van der Waals surface area contributed by atoms with Crippen LogP contribution in [0.15, 0.2) is 0 Å². The van der Waals surface area contributed by atoms with Crippen LogP contribution in [-0.4, -0.2) is 41.3 Å². The first-order valence-electron chi connectivity index (χ1n) is 9.39. The maximum absolute atomic E-state index is 11.9. The van der Waals surface area contributed by atoms with Gasteiger partial charge in [0.25, 0.3) is 0 Å². The van der Waals surface area contributed by atoms with Crippen molar-refractivity contribution in [2.45, 2.75) is 70.3 Å². The Hall–Kier alpha value is -0.910. The van der Waals surface area contributed by atoms with E-state index in [9.17, 15) is 14.7 Å². The molecular formula is C18H31NO4S. The van der Waals surface area contributed by atoms with Gasteiger partial charge in [-0.05, 0) is 43.3 Å². The van der Waals surface area contributed by atoms with Crippen LogP contribution in [0.25, 0.3) is 0 Å². The third-order valence-corrected chi connectivity index (χ3v) is 6.40. The summed E-state index contributed by atoms with van der Waals surface area (Å²) in [6.45, 7) is 0.410. The second kappa shape index (κ2) is 10.9. The van der Waals surface area contributed by atoms with E-state index in [2.05, 4.69) is 5.32 Å². The van der Waals surface area contributed by atoms with Crippen LogP contribution in [0.3, 0.4) is 0 Å². The third-order valence-electron chi connectivity index (χ3n) is 5.13. The van der Waals surface area contributed by atoms with E-state index >= 15 is 0 Å². The zero-order chi connectivity index (χ0) is 17.2. The smallest absolute Gasteiger partial charge is 0.407 e. The lowest BCUT2D eigenvalue weighted by atomic mass is 9.90. The molecule has 24 heavy (non-hydrogen) atoms. The molecule has 2 aliphatic carbocycles. The highest BCUT2D eigenvalue weighted by atomic mass is 32.2. The van der Waals surface area contributed by atoms with Crippen molar-refractivity contribution in [2.75, 3.05) is 18.1 Å². The topological polar surface area (TPSA) is 75.6 Å². The van der Waals surface area contributed by atoms with Gasteiger partial charge in [0.1, 0.15) is 6.04 Å². The number of hydrogen-bond acceptors (Lipinski definition) is 4. The minimum Gasteiger partial charge on any atom is -0.480 e. The third kappa shape index (κ3) is 7.32. The fourth-order valence-corrected chi connectivity index (χ4v) is 4.88. The second-order valence-electron chi connectivity index (χ2n) is 7.18. The molecule has 1 atom stereocenters. The quantitative estimate of drug-likeness (QED) is 0.685. The molecule has 0 aromatic heterocycles. The zero-order valence-corrected chi connectivity index (χ0v) is 15.3. The van der Waals surface area contributed by atoms with Gasteiger partial charge in [-0.3, -0.25) is 0 Å². The Morgan fingerprint density at radius 3 is 2.17 bits per heavy atom. The van der Waals surface area contributed by atoms with Gasteiger partial charge in [-0.1, -0.05) is 38.5 Å². The summed E-state index contributed by atoms with van der Waals surface area (Å²) in [5.74, 6) is 1.55. The van der Waals surface area contributed by atoms with Gasteiger partial charge in [0, 0.05) is 5.75 Å². The molecule has 6 heteroatoms. The lowest BCUT2D eigenvalue weighted by Crippen LogP contribution is -2.43. The lowest BCUT2D eigenvalue weighted by molar-refractivity contribution is -0.138. The minimum atomic E-state index is -0.985. The highest BCUT2D eigenvalue weighted by Crippen LogP contribution is 2.27. The Balaban J connectivity index is 1.63. The number of carboxylic acid groups (broad SMARTS) is 1. The number of nitrogens with one attached hydrogen (secondary N) is 1. The predicted octanol–water partition coefficient (Wildman–Crippen LogP) is 4.06. The molecule has 0 heterocycles. The van der Waals surface area contributed by atoms with Gasteiger partial charge < -0.3 is 15.2 Å². The monoisotopic (exact) mass is 357 g/mol. The molecular weight excluding hydrogens is 326 g/mol. The molecule has 2 rings (SSSR count). The highest BCUT2D eigenvalue weighted by Gasteiger charge is 2.23. The summed E-state index contributed by atoms with van der Waals surface area (Å²) >= 11 is 1.63. The second-order valence-corrected chi connectivity index (χ2v) is 8.25. The number of carbonyl (C=O) groups is 2. The molecule has 2 N–H and O–H groups in total. The summed E-state index contributed by atoms with van der Waals surface area (Å²) in [6, 6.07) is -0.863. The van der Waals surface area contributed by atoms with E-state index < -0.39 is 18.1 Å². The average Bonchev–Trinajstić information content (AvgIpc) is 2.61. The summed E-state index contributed by atoms with van der Waals surface area (Å²) in [5.41, 5.74) is 0. The van der Waals surface area contributed by atoms with E-state index in [1.807, 2.05) is 0 Å². The molecule has 0 saturated heterocycles. The number of aliphatic carboxylic acids is 1. The van der Waals surface area contributed by atoms with Gasteiger partial charge >= 0.3 is 12.1 Å². The Labute approximate surface area is 149 Å².